The lowest BCUT2D eigenvalue weighted by Gasteiger charge is -2.21. The van der Waals surface area contributed by atoms with E-state index in [4.69, 9.17) is 9.52 Å². The maximum absolute atomic E-state index is 11.2. The fourth-order valence-electron chi connectivity index (χ4n) is 2.09. The molecule has 1 aromatic heterocycles. The van der Waals surface area contributed by atoms with Crippen LogP contribution in [0.2, 0.25) is 0 Å². The maximum atomic E-state index is 11.2. The van der Waals surface area contributed by atoms with Crippen molar-refractivity contribution in [1.29, 1.82) is 0 Å². The summed E-state index contributed by atoms with van der Waals surface area (Å²) < 4.78 is 16.5. The first-order chi connectivity index (χ1) is 8.56. The van der Waals surface area contributed by atoms with Crippen molar-refractivity contribution in [3.8, 4) is 0 Å². The van der Waals surface area contributed by atoms with Gasteiger partial charge in [-0.15, -0.1) is 0 Å². The third-order valence-corrected chi connectivity index (χ3v) is 4.50. The van der Waals surface area contributed by atoms with Gasteiger partial charge in [0.25, 0.3) is 0 Å². The largest absolute Gasteiger partial charge is 0.475 e. The molecule has 6 heteroatoms. The topological polar surface area (TPSA) is 79.5 Å². The highest BCUT2D eigenvalue weighted by Gasteiger charge is 2.19. The molecule has 0 spiro atoms. The minimum absolute atomic E-state index is 0.0107. The molecule has 0 amide bonds. The molecule has 5 nitrogen and oxygen atoms in total. The average Bonchev–Trinajstić information content (AvgIpc) is 2.70. The summed E-state index contributed by atoms with van der Waals surface area (Å²) in [5.41, 5.74) is 0.643. The van der Waals surface area contributed by atoms with Crippen LogP contribution in [0.1, 0.15) is 34.7 Å². The van der Waals surface area contributed by atoms with Gasteiger partial charge in [-0.3, -0.25) is 4.21 Å². The number of rotatable bonds is 4. The predicted molar refractivity (Wildman–Crippen MR) is 68.1 cm³/mol. The van der Waals surface area contributed by atoms with Crippen LogP contribution >= 0.6 is 0 Å². The van der Waals surface area contributed by atoms with Gasteiger partial charge in [0, 0.05) is 33.9 Å². The SMILES string of the molecule is Cc1cc(CNC2CCS(=O)CC2)oc1C(=O)O. The van der Waals surface area contributed by atoms with Gasteiger partial charge >= 0.3 is 5.97 Å². The van der Waals surface area contributed by atoms with Crippen LogP contribution in [0.3, 0.4) is 0 Å². The second-order valence-corrected chi connectivity index (χ2v) is 6.23. The average molecular weight is 271 g/mol. The van der Waals surface area contributed by atoms with Crippen LogP contribution in [0, 0.1) is 6.92 Å². The summed E-state index contributed by atoms with van der Waals surface area (Å²) >= 11 is 0. The van der Waals surface area contributed by atoms with Crippen molar-refractivity contribution in [2.75, 3.05) is 11.5 Å². The molecule has 1 fully saturated rings. The lowest BCUT2D eigenvalue weighted by Crippen LogP contribution is -2.35. The first-order valence-corrected chi connectivity index (χ1v) is 7.46. The Labute approximate surface area is 108 Å². The van der Waals surface area contributed by atoms with Gasteiger partial charge < -0.3 is 14.8 Å². The first kappa shape index (κ1) is 13.3. The standard InChI is InChI=1S/C12H17NO4S/c1-8-6-10(17-11(8)12(14)15)7-13-9-2-4-18(16)5-3-9/h6,9,13H,2-5,7H2,1H3,(H,14,15). The Kier molecular flexibility index (Phi) is 4.19. The van der Waals surface area contributed by atoms with E-state index in [0.717, 1.165) is 24.3 Å². The number of hydrogen-bond donors (Lipinski definition) is 2. The molecule has 2 N–H and O–H groups in total. The number of carbonyl (C=O) groups is 1. The van der Waals surface area contributed by atoms with Crippen LogP contribution in [-0.2, 0) is 17.3 Å². The molecule has 2 heterocycles. The third-order valence-electron chi connectivity index (χ3n) is 3.12. The van der Waals surface area contributed by atoms with Crippen LogP contribution in [-0.4, -0.2) is 32.8 Å². The van der Waals surface area contributed by atoms with Gasteiger partial charge in [-0.2, -0.15) is 0 Å². The molecule has 100 valence electrons. The molecular formula is C12H17NO4S. The lowest BCUT2D eigenvalue weighted by atomic mass is 10.1. The van der Waals surface area contributed by atoms with Crippen LogP contribution in [0.25, 0.3) is 0 Å². The van der Waals surface area contributed by atoms with E-state index in [2.05, 4.69) is 5.32 Å². The van der Waals surface area contributed by atoms with Crippen molar-refractivity contribution in [1.82, 2.24) is 5.32 Å². The summed E-state index contributed by atoms with van der Waals surface area (Å²) in [4.78, 5) is 10.8. The molecule has 0 aromatic carbocycles. The summed E-state index contributed by atoms with van der Waals surface area (Å²) in [6.45, 7) is 2.24. The number of furan rings is 1. The lowest BCUT2D eigenvalue weighted by molar-refractivity contribution is 0.0659. The zero-order valence-corrected chi connectivity index (χ0v) is 11.1. The number of nitrogens with one attached hydrogen (secondary N) is 1. The molecule has 18 heavy (non-hydrogen) atoms. The zero-order valence-electron chi connectivity index (χ0n) is 10.3. The summed E-state index contributed by atoms with van der Waals surface area (Å²) in [7, 11) is -0.656. The highest BCUT2D eigenvalue weighted by atomic mass is 32.2. The van der Waals surface area contributed by atoms with E-state index in [1.54, 1.807) is 13.0 Å². The molecule has 1 aromatic rings. The van der Waals surface area contributed by atoms with Gasteiger partial charge in [-0.25, -0.2) is 4.79 Å². The Morgan fingerprint density at radius 3 is 2.78 bits per heavy atom. The molecule has 0 radical (unpaired) electrons. The van der Waals surface area contributed by atoms with Crippen LogP contribution in [0.5, 0.6) is 0 Å². The predicted octanol–water partition coefficient (Wildman–Crippen LogP) is 1.29. The Morgan fingerprint density at radius 2 is 2.22 bits per heavy atom. The molecule has 0 atom stereocenters. The minimum Gasteiger partial charge on any atom is -0.475 e. The van der Waals surface area contributed by atoms with Crippen molar-refractivity contribution in [2.24, 2.45) is 0 Å². The molecule has 0 aliphatic carbocycles. The van der Waals surface area contributed by atoms with E-state index in [1.807, 2.05) is 0 Å². The molecule has 1 aliphatic heterocycles. The summed E-state index contributed by atoms with van der Waals surface area (Å²) in [5.74, 6) is 1.10. The van der Waals surface area contributed by atoms with Gasteiger partial charge in [0.1, 0.15) is 5.76 Å². The second-order valence-electron chi connectivity index (χ2n) is 4.53. The van der Waals surface area contributed by atoms with E-state index >= 15 is 0 Å². The summed E-state index contributed by atoms with van der Waals surface area (Å²) in [6, 6.07) is 2.10. The number of aromatic carboxylic acids is 1. The van der Waals surface area contributed by atoms with Crippen LogP contribution in [0.15, 0.2) is 10.5 Å². The van der Waals surface area contributed by atoms with E-state index < -0.39 is 16.8 Å². The summed E-state index contributed by atoms with van der Waals surface area (Å²) in [5, 5.41) is 12.2. The smallest absolute Gasteiger partial charge is 0.372 e. The maximum Gasteiger partial charge on any atom is 0.372 e. The molecule has 0 unspecified atom stereocenters. The zero-order chi connectivity index (χ0) is 13.1. The van der Waals surface area contributed by atoms with Crippen molar-refractivity contribution in [3.63, 3.8) is 0 Å². The second kappa shape index (κ2) is 5.67. The fraction of sp³-hybridized carbons (Fsp3) is 0.583. The van der Waals surface area contributed by atoms with Crippen molar-refractivity contribution >= 4 is 16.8 Å². The summed E-state index contributed by atoms with van der Waals surface area (Å²) in [6.07, 6.45) is 1.80. The molecular weight excluding hydrogens is 254 g/mol. The first-order valence-electron chi connectivity index (χ1n) is 5.97. The van der Waals surface area contributed by atoms with Gasteiger partial charge in [-0.05, 0) is 25.8 Å². The Balaban J connectivity index is 1.88. The van der Waals surface area contributed by atoms with E-state index in [0.29, 0.717) is 23.9 Å². The van der Waals surface area contributed by atoms with E-state index in [9.17, 15) is 9.00 Å². The number of carboxylic acids is 1. The Hall–Kier alpha value is -1.14. The fourth-order valence-corrected chi connectivity index (χ4v) is 3.39. The van der Waals surface area contributed by atoms with Crippen molar-refractivity contribution in [2.45, 2.75) is 32.4 Å². The van der Waals surface area contributed by atoms with E-state index in [-0.39, 0.29) is 5.76 Å². The van der Waals surface area contributed by atoms with Gasteiger partial charge in [0.15, 0.2) is 0 Å². The van der Waals surface area contributed by atoms with E-state index in [1.165, 1.54) is 0 Å². The number of carboxylic acid groups (broad SMARTS) is 1. The third kappa shape index (κ3) is 3.20. The monoisotopic (exact) mass is 271 g/mol. The Bertz CT molecular complexity index is 459. The van der Waals surface area contributed by atoms with Crippen LogP contribution < -0.4 is 5.32 Å². The normalized spacial score (nSPS) is 24.1. The Morgan fingerprint density at radius 1 is 1.56 bits per heavy atom. The molecule has 0 bridgehead atoms. The van der Waals surface area contributed by atoms with Gasteiger partial charge in [0.2, 0.25) is 5.76 Å². The molecule has 2 rings (SSSR count). The van der Waals surface area contributed by atoms with Gasteiger partial charge in [-0.1, -0.05) is 0 Å². The molecule has 0 saturated carbocycles. The highest BCUT2D eigenvalue weighted by molar-refractivity contribution is 7.85. The quantitative estimate of drug-likeness (QED) is 0.862. The van der Waals surface area contributed by atoms with Crippen LogP contribution in [0.4, 0.5) is 0 Å². The minimum atomic E-state index is -1.04. The highest BCUT2D eigenvalue weighted by Crippen LogP contribution is 2.16. The number of aryl methyl sites for hydroxylation is 1. The van der Waals surface area contributed by atoms with Crippen molar-refractivity contribution in [3.05, 3.63) is 23.2 Å². The van der Waals surface area contributed by atoms with Crippen molar-refractivity contribution < 1.29 is 18.5 Å². The van der Waals surface area contributed by atoms with Gasteiger partial charge in [0.05, 0.1) is 6.54 Å². The molecule has 1 aliphatic rings. The number of hydrogen-bond acceptors (Lipinski definition) is 4. The molecule has 1 saturated heterocycles.